The Hall–Kier alpha value is -3.12. The predicted molar refractivity (Wildman–Crippen MR) is 127 cm³/mol. The number of guanidine groups is 1. The van der Waals surface area contributed by atoms with Crippen LogP contribution in [-0.2, 0) is 13.5 Å². The van der Waals surface area contributed by atoms with Crippen molar-refractivity contribution in [1.29, 1.82) is 0 Å². The number of carbonyl (C=O) groups excluding carboxylic acids is 1. The quantitative estimate of drug-likeness (QED) is 0.447. The Bertz CT molecular complexity index is 1110. The largest absolute Gasteiger partial charge is 0.326 e. The Morgan fingerprint density at radius 2 is 1.81 bits per heavy atom. The van der Waals surface area contributed by atoms with Gasteiger partial charge in [0.2, 0.25) is 5.96 Å². The van der Waals surface area contributed by atoms with Gasteiger partial charge in [-0.2, -0.15) is 5.10 Å². The van der Waals surface area contributed by atoms with Gasteiger partial charge >= 0.3 is 0 Å². The molecule has 2 aromatic carbocycles. The highest BCUT2D eigenvalue weighted by molar-refractivity contribution is 6.31. The summed E-state index contributed by atoms with van der Waals surface area (Å²) in [5.74, 6) is 0.126. The van der Waals surface area contributed by atoms with Crippen molar-refractivity contribution in [2.24, 2.45) is 12.0 Å². The maximum Gasteiger partial charge on any atom is 0.258 e. The van der Waals surface area contributed by atoms with E-state index in [4.69, 9.17) is 11.6 Å². The molecule has 0 aliphatic rings. The molecule has 31 heavy (non-hydrogen) atoms. The summed E-state index contributed by atoms with van der Waals surface area (Å²) in [5.41, 5.74) is 6.91. The van der Waals surface area contributed by atoms with Crippen molar-refractivity contribution in [1.82, 2.24) is 15.1 Å². The first-order valence-electron chi connectivity index (χ1n) is 10.2. The summed E-state index contributed by atoms with van der Waals surface area (Å²) in [7, 11) is 1.94. The standard InChI is InChI=1S/C24H28ClN5O/c1-15-11-16(2)13-21(12-15)27-24(28-23(31)19-7-6-8-20(25)14-19)26-10-9-22-17(3)29-30(5)18(22)4/h6-8,11-14H,9-10H2,1-5H3,(H2,26,27,28,31). The first-order chi connectivity index (χ1) is 14.7. The first-order valence-corrected chi connectivity index (χ1v) is 10.6. The number of nitrogens with zero attached hydrogens (tertiary/aromatic N) is 3. The molecular formula is C24H28ClN5O. The Balaban J connectivity index is 1.82. The fourth-order valence-electron chi connectivity index (χ4n) is 3.56. The van der Waals surface area contributed by atoms with E-state index >= 15 is 0 Å². The number of aromatic nitrogens is 2. The number of anilines is 1. The van der Waals surface area contributed by atoms with Crippen LogP contribution in [-0.4, -0.2) is 28.2 Å². The Labute approximate surface area is 188 Å². The molecule has 162 valence electrons. The second-order valence-electron chi connectivity index (χ2n) is 7.72. The molecule has 0 saturated carbocycles. The normalized spacial score (nSPS) is 11.5. The second kappa shape index (κ2) is 9.79. The summed E-state index contributed by atoms with van der Waals surface area (Å²) in [6, 6.07) is 13.0. The molecule has 0 atom stereocenters. The molecular weight excluding hydrogens is 410 g/mol. The average Bonchev–Trinajstić information content (AvgIpc) is 2.93. The van der Waals surface area contributed by atoms with Crippen LogP contribution in [0.2, 0.25) is 5.02 Å². The SMILES string of the molecule is Cc1cc(C)cc(NC(=NCCc2c(C)nn(C)c2C)NC(=O)c2cccc(Cl)c2)c1. The van der Waals surface area contributed by atoms with E-state index in [0.717, 1.165) is 34.6 Å². The molecule has 1 amide bonds. The molecule has 0 radical (unpaired) electrons. The minimum atomic E-state index is -0.271. The van der Waals surface area contributed by atoms with Crippen molar-refractivity contribution < 1.29 is 4.79 Å². The van der Waals surface area contributed by atoms with Crippen LogP contribution >= 0.6 is 11.6 Å². The second-order valence-corrected chi connectivity index (χ2v) is 8.16. The number of benzene rings is 2. The lowest BCUT2D eigenvalue weighted by Crippen LogP contribution is -2.36. The molecule has 0 aliphatic heterocycles. The van der Waals surface area contributed by atoms with Gasteiger partial charge in [-0.3, -0.25) is 19.8 Å². The lowest BCUT2D eigenvalue weighted by atomic mass is 10.1. The van der Waals surface area contributed by atoms with Gasteiger partial charge in [0, 0.05) is 35.6 Å². The number of amides is 1. The molecule has 2 N–H and O–H groups in total. The number of nitrogens with one attached hydrogen (secondary N) is 2. The summed E-state index contributed by atoms with van der Waals surface area (Å²) in [5, 5.41) is 11.1. The maximum absolute atomic E-state index is 12.8. The molecule has 0 bridgehead atoms. The van der Waals surface area contributed by atoms with E-state index in [1.165, 1.54) is 5.56 Å². The van der Waals surface area contributed by atoms with Gasteiger partial charge in [-0.25, -0.2) is 0 Å². The zero-order chi connectivity index (χ0) is 22.5. The molecule has 0 spiro atoms. The van der Waals surface area contributed by atoms with Gasteiger partial charge in [0.05, 0.1) is 5.69 Å². The van der Waals surface area contributed by atoms with Gasteiger partial charge in [-0.15, -0.1) is 0 Å². The van der Waals surface area contributed by atoms with E-state index in [0.29, 0.717) is 23.1 Å². The van der Waals surface area contributed by atoms with Crippen molar-refractivity contribution in [3.8, 4) is 0 Å². The minimum absolute atomic E-state index is 0.271. The molecule has 7 heteroatoms. The Morgan fingerprint density at radius 1 is 1.10 bits per heavy atom. The molecule has 0 unspecified atom stereocenters. The van der Waals surface area contributed by atoms with Crippen LogP contribution < -0.4 is 10.6 Å². The van der Waals surface area contributed by atoms with Crippen molar-refractivity contribution in [2.75, 3.05) is 11.9 Å². The van der Waals surface area contributed by atoms with E-state index in [2.05, 4.69) is 33.7 Å². The summed E-state index contributed by atoms with van der Waals surface area (Å²) in [6.07, 6.45) is 0.733. The van der Waals surface area contributed by atoms with Crippen LogP contribution in [0.25, 0.3) is 0 Å². The molecule has 1 aromatic heterocycles. The van der Waals surface area contributed by atoms with Gasteiger partial charge < -0.3 is 5.32 Å². The highest BCUT2D eigenvalue weighted by atomic mass is 35.5. The van der Waals surface area contributed by atoms with Crippen molar-refractivity contribution in [2.45, 2.75) is 34.1 Å². The topological polar surface area (TPSA) is 71.3 Å². The number of rotatable bonds is 5. The smallest absolute Gasteiger partial charge is 0.258 e. The first kappa shape index (κ1) is 22.6. The number of hydrogen-bond acceptors (Lipinski definition) is 3. The zero-order valence-corrected chi connectivity index (χ0v) is 19.3. The van der Waals surface area contributed by atoms with Gasteiger partial charge in [-0.1, -0.05) is 23.7 Å². The number of aliphatic imine (C=N–C) groups is 1. The van der Waals surface area contributed by atoms with Crippen LogP contribution in [0, 0.1) is 27.7 Å². The van der Waals surface area contributed by atoms with Crippen LogP contribution in [0.15, 0.2) is 47.5 Å². The Kier molecular flexibility index (Phi) is 7.13. The third-order valence-electron chi connectivity index (χ3n) is 5.09. The third kappa shape index (κ3) is 5.95. The predicted octanol–water partition coefficient (Wildman–Crippen LogP) is 4.75. The molecule has 0 fully saturated rings. The number of aryl methyl sites for hydroxylation is 4. The highest BCUT2D eigenvalue weighted by Crippen LogP contribution is 2.15. The maximum atomic E-state index is 12.8. The molecule has 0 aliphatic carbocycles. The molecule has 3 aromatic rings. The molecule has 6 nitrogen and oxygen atoms in total. The lowest BCUT2D eigenvalue weighted by molar-refractivity contribution is 0.0977. The average molecular weight is 438 g/mol. The highest BCUT2D eigenvalue weighted by Gasteiger charge is 2.12. The zero-order valence-electron chi connectivity index (χ0n) is 18.6. The summed E-state index contributed by atoms with van der Waals surface area (Å²) < 4.78 is 1.88. The van der Waals surface area contributed by atoms with E-state index in [1.54, 1.807) is 24.3 Å². The van der Waals surface area contributed by atoms with Crippen molar-refractivity contribution >= 4 is 29.2 Å². The van der Waals surface area contributed by atoms with E-state index in [-0.39, 0.29) is 5.91 Å². The van der Waals surface area contributed by atoms with Gasteiger partial charge in [0.1, 0.15) is 0 Å². The van der Waals surface area contributed by atoms with Crippen LogP contribution in [0.3, 0.4) is 0 Å². The van der Waals surface area contributed by atoms with Crippen molar-refractivity contribution in [3.05, 3.63) is 81.1 Å². The van der Waals surface area contributed by atoms with Gasteiger partial charge in [-0.05, 0) is 81.1 Å². The molecule has 1 heterocycles. The minimum Gasteiger partial charge on any atom is -0.326 e. The fourth-order valence-corrected chi connectivity index (χ4v) is 3.75. The molecule has 0 saturated heterocycles. The summed E-state index contributed by atoms with van der Waals surface area (Å²) in [4.78, 5) is 17.4. The number of hydrogen-bond donors (Lipinski definition) is 2. The van der Waals surface area contributed by atoms with E-state index in [9.17, 15) is 4.79 Å². The van der Waals surface area contributed by atoms with Crippen molar-refractivity contribution in [3.63, 3.8) is 0 Å². The van der Waals surface area contributed by atoms with Gasteiger partial charge in [0.15, 0.2) is 0 Å². The van der Waals surface area contributed by atoms with Crippen LogP contribution in [0.1, 0.15) is 38.4 Å². The van der Waals surface area contributed by atoms with Crippen LogP contribution in [0.4, 0.5) is 5.69 Å². The van der Waals surface area contributed by atoms with E-state index in [1.807, 2.05) is 44.6 Å². The summed E-state index contributed by atoms with van der Waals surface area (Å²) >= 11 is 6.04. The number of carbonyl (C=O) groups is 1. The lowest BCUT2D eigenvalue weighted by Gasteiger charge is -2.13. The Morgan fingerprint density at radius 3 is 2.42 bits per heavy atom. The monoisotopic (exact) mass is 437 g/mol. The number of halogens is 1. The van der Waals surface area contributed by atoms with E-state index < -0.39 is 0 Å². The van der Waals surface area contributed by atoms with Crippen LogP contribution in [0.5, 0.6) is 0 Å². The van der Waals surface area contributed by atoms with Gasteiger partial charge in [0.25, 0.3) is 5.91 Å². The third-order valence-corrected chi connectivity index (χ3v) is 5.33. The fraction of sp³-hybridized carbons (Fsp3) is 0.292. The molecule has 3 rings (SSSR count). The summed E-state index contributed by atoms with van der Waals surface area (Å²) in [6.45, 7) is 8.63.